The predicted molar refractivity (Wildman–Crippen MR) is 48.6 cm³/mol. The molecule has 1 saturated heterocycles. The van der Waals surface area contributed by atoms with Crippen molar-refractivity contribution < 1.29 is 14.2 Å². The molecule has 15 heavy (non-hydrogen) atoms. The van der Waals surface area contributed by atoms with Crippen LogP contribution in [0.4, 0.5) is 4.39 Å². The Morgan fingerprint density at radius 3 is 3.13 bits per heavy atom. The normalized spacial score (nSPS) is 20.8. The molecule has 82 valence electrons. The van der Waals surface area contributed by atoms with E-state index >= 15 is 0 Å². The fourth-order valence-electron chi connectivity index (χ4n) is 1.58. The highest BCUT2D eigenvalue weighted by atomic mass is 19.1. The summed E-state index contributed by atoms with van der Waals surface area (Å²) < 4.78 is 19.6. The summed E-state index contributed by atoms with van der Waals surface area (Å²) >= 11 is 0. The van der Waals surface area contributed by atoms with E-state index in [1.54, 1.807) is 0 Å². The quantitative estimate of drug-likeness (QED) is 0.763. The summed E-state index contributed by atoms with van der Waals surface area (Å²) in [6.07, 6.45) is 2.14. The van der Waals surface area contributed by atoms with Gasteiger partial charge in [-0.3, -0.25) is 4.57 Å². The summed E-state index contributed by atoms with van der Waals surface area (Å²) in [5.74, 6) is -0.687. The van der Waals surface area contributed by atoms with E-state index in [9.17, 15) is 9.18 Å². The van der Waals surface area contributed by atoms with Gasteiger partial charge in [0.05, 0.1) is 6.61 Å². The fraction of sp³-hybridized carbons (Fsp3) is 0.556. The maximum atomic E-state index is 13.2. The van der Waals surface area contributed by atoms with Crippen LogP contribution in [0.5, 0.6) is 0 Å². The molecule has 1 aromatic rings. The van der Waals surface area contributed by atoms with E-state index in [1.165, 1.54) is 0 Å². The lowest BCUT2D eigenvalue weighted by atomic mass is 10.3. The van der Waals surface area contributed by atoms with Gasteiger partial charge in [0.15, 0.2) is 5.82 Å². The molecule has 0 aromatic carbocycles. The Kier molecular flexibility index (Phi) is 2.79. The van der Waals surface area contributed by atoms with Crippen LogP contribution in [0, 0.1) is 5.82 Å². The van der Waals surface area contributed by atoms with Gasteiger partial charge in [0.2, 0.25) is 0 Å². The van der Waals surface area contributed by atoms with Crippen LogP contribution in [-0.2, 0) is 11.3 Å². The molecule has 1 atom stereocenters. The van der Waals surface area contributed by atoms with Gasteiger partial charge in [0, 0.05) is 12.8 Å². The highest BCUT2D eigenvalue weighted by Gasteiger charge is 2.20. The minimum absolute atomic E-state index is 0.228. The number of ether oxygens (including phenoxy) is 1. The highest BCUT2D eigenvalue weighted by Crippen LogP contribution is 2.21. The monoisotopic (exact) mass is 214 g/mol. The molecule has 0 radical (unpaired) electrons. The summed E-state index contributed by atoms with van der Waals surface area (Å²) in [7, 11) is 0. The van der Waals surface area contributed by atoms with E-state index in [2.05, 4.69) is 4.98 Å². The molecule has 1 unspecified atom stereocenters. The van der Waals surface area contributed by atoms with Crippen molar-refractivity contribution in [2.24, 2.45) is 0 Å². The number of aliphatic hydroxyl groups is 1. The van der Waals surface area contributed by atoms with Gasteiger partial charge in [0.1, 0.15) is 11.9 Å². The van der Waals surface area contributed by atoms with E-state index in [-0.39, 0.29) is 5.69 Å². The molecule has 0 amide bonds. The molecule has 2 heterocycles. The number of halogens is 1. The summed E-state index contributed by atoms with van der Waals surface area (Å²) in [4.78, 5) is 14.9. The van der Waals surface area contributed by atoms with Gasteiger partial charge in [0.25, 0.3) is 0 Å². The maximum absolute atomic E-state index is 13.2. The van der Waals surface area contributed by atoms with Crippen LogP contribution in [0.2, 0.25) is 0 Å². The minimum Gasteiger partial charge on any atom is -0.390 e. The smallest absolute Gasteiger partial charge is 0.350 e. The highest BCUT2D eigenvalue weighted by molar-refractivity contribution is 5.01. The lowest BCUT2D eigenvalue weighted by Crippen LogP contribution is -2.28. The van der Waals surface area contributed by atoms with Gasteiger partial charge in [-0.25, -0.2) is 9.18 Å². The Bertz CT molecular complexity index is 412. The van der Waals surface area contributed by atoms with Crippen LogP contribution < -0.4 is 5.69 Å². The molecule has 5 nitrogen and oxygen atoms in total. The van der Waals surface area contributed by atoms with Crippen LogP contribution in [0.25, 0.3) is 0 Å². The Morgan fingerprint density at radius 2 is 2.53 bits per heavy atom. The molecule has 0 saturated carbocycles. The van der Waals surface area contributed by atoms with E-state index in [0.717, 1.165) is 17.2 Å². The van der Waals surface area contributed by atoms with Crippen molar-refractivity contribution in [1.29, 1.82) is 0 Å². The third-order valence-corrected chi connectivity index (χ3v) is 2.35. The first-order valence-electron chi connectivity index (χ1n) is 4.72. The number of nitrogens with zero attached hydrogens (tertiary/aromatic N) is 2. The average molecular weight is 214 g/mol. The van der Waals surface area contributed by atoms with Crippen LogP contribution in [0.3, 0.4) is 0 Å². The fourth-order valence-corrected chi connectivity index (χ4v) is 1.58. The molecule has 1 aliphatic heterocycles. The van der Waals surface area contributed by atoms with Crippen LogP contribution in [0.15, 0.2) is 11.0 Å². The molecule has 6 heteroatoms. The van der Waals surface area contributed by atoms with E-state index in [4.69, 9.17) is 9.84 Å². The van der Waals surface area contributed by atoms with Crippen molar-refractivity contribution in [3.63, 3.8) is 0 Å². The van der Waals surface area contributed by atoms with Crippen LogP contribution in [-0.4, -0.2) is 21.3 Å². The summed E-state index contributed by atoms with van der Waals surface area (Å²) in [5, 5.41) is 8.72. The zero-order valence-corrected chi connectivity index (χ0v) is 8.02. The average Bonchev–Trinajstić information content (AvgIpc) is 2.74. The number of hydrogen-bond acceptors (Lipinski definition) is 4. The molecule has 2 rings (SSSR count). The zero-order valence-electron chi connectivity index (χ0n) is 8.02. The number of hydrogen-bond donors (Lipinski definition) is 1. The molecule has 1 N–H and O–H groups in total. The summed E-state index contributed by atoms with van der Waals surface area (Å²) in [6, 6.07) is 0. The first-order chi connectivity index (χ1) is 7.22. The van der Waals surface area contributed by atoms with Crippen molar-refractivity contribution in [2.45, 2.75) is 25.7 Å². The van der Waals surface area contributed by atoms with E-state index in [0.29, 0.717) is 13.0 Å². The van der Waals surface area contributed by atoms with Gasteiger partial charge in [-0.15, -0.1) is 0 Å². The Labute approximate surface area is 85.1 Å². The summed E-state index contributed by atoms with van der Waals surface area (Å²) in [5.41, 5.74) is -0.818. The van der Waals surface area contributed by atoms with Crippen LogP contribution >= 0.6 is 0 Å². The maximum Gasteiger partial charge on any atom is 0.350 e. The van der Waals surface area contributed by atoms with Gasteiger partial charge < -0.3 is 9.84 Å². The largest absolute Gasteiger partial charge is 0.390 e. The molecule has 0 aliphatic carbocycles. The lowest BCUT2D eigenvalue weighted by Gasteiger charge is -2.12. The van der Waals surface area contributed by atoms with Crippen molar-refractivity contribution >= 4 is 0 Å². The van der Waals surface area contributed by atoms with E-state index in [1.807, 2.05) is 0 Å². The molecule has 0 bridgehead atoms. The van der Waals surface area contributed by atoms with Crippen molar-refractivity contribution in [3.05, 3.63) is 28.2 Å². The first-order valence-corrected chi connectivity index (χ1v) is 4.72. The second-order valence-electron chi connectivity index (χ2n) is 3.35. The SMILES string of the molecule is O=c1nc(CO)c(F)cn1C1CCCO1. The second kappa shape index (κ2) is 4.08. The van der Waals surface area contributed by atoms with Crippen LogP contribution in [0.1, 0.15) is 24.8 Å². The molecular weight excluding hydrogens is 203 g/mol. The molecule has 1 aromatic heterocycles. The number of aliphatic hydroxyl groups excluding tert-OH is 1. The van der Waals surface area contributed by atoms with Gasteiger partial charge in [-0.05, 0) is 12.8 Å². The Morgan fingerprint density at radius 1 is 1.73 bits per heavy atom. The van der Waals surface area contributed by atoms with Gasteiger partial charge in [-0.1, -0.05) is 0 Å². The standard InChI is InChI=1S/C9H11FN2O3/c10-6-4-12(8-2-1-3-15-8)9(14)11-7(6)5-13/h4,8,13H,1-3,5H2. The van der Waals surface area contributed by atoms with Crippen molar-refractivity contribution in [1.82, 2.24) is 9.55 Å². The molecule has 1 fully saturated rings. The first kappa shape index (κ1) is 10.3. The van der Waals surface area contributed by atoms with E-state index < -0.39 is 24.3 Å². The summed E-state index contributed by atoms with van der Waals surface area (Å²) in [6.45, 7) is -0.00604. The number of rotatable bonds is 2. The van der Waals surface area contributed by atoms with Gasteiger partial charge in [-0.2, -0.15) is 4.98 Å². The predicted octanol–water partition coefficient (Wildman–Crippen LogP) is 0.184. The topological polar surface area (TPSA) is 64.3 Å². The number of aromatic nitrogens is 2. The van der Waals surface area contributed by atoms with Crippen molar-refractivity contribution in [3.8, 4) is 0 Å². The Balaban J connectivity index is 2.40. The van der Waals surface area contributed by atoms with Crippen molar-refractivity contribution in [2.75, 3.05) is 6.61 Å². The lowest BCUT2D eigenvalue weighted by molar-refractivity contribution is 0.0515. The molecular formula is C9H11FN2O3. The zero-order chi connectivity index (χ0) is 10.8. The molecule has 0 spiro atoms. The molecule has 1 aliphatic rings. The third-order valence-electron chi connectivity index (χ3n) is 2.35. The Hall–Kier alpha value is -1.27. The van der Waals surface area contributed by atoms with Gasteiger partial charge >= 0.3 is 5.69 Å². The second-order valence-corrected chi connectivity index (χ2v) is 3.35. The third kappa shape index (κ3) is 1.91. The minimum atomic E-state index is -0.687.